The van der Waals surface area contributed by atoms with Crippen molar-refractivity contribution in [3.8, 4) is 0 Å². The van der Waals surface area contributed by atoms with E-state index < -0.39 is 5.38 Å². The number of rotatable bonds is 4. The number of hydrogen-bond acceptors (Lipinski definition) is 3. The van der Waals surface area contributed by atoms with Gasteiger partial charge in [0.1, 0.15) is 5.38 Å². The molecule has 1 heterocycles. The molecule has 4 nitrogen and oxygen atoms in total. The lowest BCUT2D eigenvalue weighted by molar-refractivity contribution is -0.123. The van der Waals surface area contributed by atoms with Crippen LogP contribution in [-0.2, 0) is 14.3 Å². The first-order chi connectivity index (χ1) is 8.77. The van der Waals surface area contributed by atoms with Crippen molar-refractivity contribution in [2.45, 2.75) is 11.5 Å². The van der Waals surface area contributed by atoms with E-state index in [2.05, 4.69) is 5.32 Å². The van der Waals surface area contributed by atoms with E-state index in [1.165, 1.54) is 0 Å². The van der Waals surface area contributed by atoms with Gasteiger partial charge >= 0.3 is 0 Å². The molecule has 1 saturated heterocycles. The fourth-order valence-electron chi connectivity index (χ4n) is 1.73. The molecule has 1 amide bonds. The Morgan fingerprint density at radius 1 is 1.39 bits per heavy atom. The first kappa shape index (κ1) is 13.3. The number of hydrogen-bond donors (Lipinski definition) is 1. The summed E-state index contributed by atoms with van der Waals surface area (Å²) in [6.07, 6.45) is -0.0812. The molecule has 0 aromatic heterocycles. The Balaban J connectivity index is 1.80. The highest BCUT2D eigenvalue weighted by molar-refractivity contribution is 6.30. The molecule has 98 valence electrons. The van der Waals surface area contributed by atoms with Crippen LogP contribution in [0.5, 0.6) is 0 Å². The van der Waals surface area contributed by atoms with Gasteiger partial charge in [0.2, 0.25) is 5.91 Å². The van der Waals surface area contributed by atoms with Gasteiger partial charge in [-0.25, -0.2) is 0 Å². The molecule has 1 aliphatic heterocycles. The van der Waals surface area contributed by atoms with Gasteiger partial charge in [-0.2, -0.15) is 0 Å². The highest BCUT2D eigenvalue weighted by Gasteiger charge is 2.20. The lowest BCUT2D eigenvalue weighted by atomic mass is 10.1. The molecule has 2 atom stereocenters. The zero-order valence-electron chi connectivity index (χ0n) is 9.97. The largest absolute Gasteiger partial charge is 0.376 e. The van der Waals surface area contributed by atoms with Crippen molar-refractivity contribution in [3.05, 3.63) is 35.9 Å². The minimum Gasteiger partial charge on any atom is -0.376 e. The Bertz CT molecular complexity index is 379. The van der Waals surface area contributed by atoms with Gasteiger partial charge in [0, 0.05) is 6.54 Å². The van der Waals surface area contributed by atoms with Gasteiger partial charge in [-0.3, -0.25) is 4.79 Å². The van der Waals surface area contributed by atoms with Crippen molar-refractivity contribution in [1.82, 2.24) is 5.32 Å². The Morgan fingerprint density at radius 2 is 2.17 bits per heavy atom. The predicted octanol–water partition coefficient (Wildman–Crippen LogP) is 1.50. The van der Waals surface area contributed by atoms with Crippen molar-refractivity contribution < 1.29 is 14.3 Å². The molecule has 18 heavy (non-hydrogen) atoms. The molecule has 5 heteroatoms. The zero-order valence-corrected chi connectivity index (χ0v) is 10.7. The summed E-state index contributed by atoms with van der Waals surface area (Å²) < 4.78 is 10.7. The maximum atomic E-state index is 11.8. The number of carbonyl (C=O) groups excluding carboxylic acids is 1. The topological polar surface area (TPSA) is 47.6 Å². The van der Waals surface area contributed by atoms with Crippen LogP contribution in [-0.4, -0.2) is 38.4 Å². The molecule has 2 rings (SSSR count). The maximum absolute atomic E-state index is 11.8. The number of ether oxygens (including phenoxy) is 2. The van der Waals surface area contributed by atoms with Crippen LogP contribution in [0.25, 0.3) is 0 Å². The minimum absolute atomic E-state index is 0.0812. The number of nitrogens with one attached hydrogen (secondary N) is 1. The fourth-order valence-corrected chi connectivity index (χ4v) is 1.95. The first-order valence-electron chi connectivity index (χ1n) is 5.93. The van der Waals surface area contributed by atoms with Crippen molar-refractivity contribution in [1.29, 1.82) is 0 Å². The summed E-state index contributed by atoms with van der Waals surface area (Å²) in [6.45, 7) is 2.13. The van der Waals surface area contributed by atoms with Gasteiger partial charge in [0.15, 0.2) is 0 Å². The molecule has 1 N–H and O–H groups in total. The van der Waals surface area contributed by atoms with Gasteiger partial charge < -0.3 is 14.8 Å². The van der Waals surface area contributed by atoms with E-state index >= 15 is 0 Å². The lowest BCUT2D eigenvalue weighted by Gasteiger charge is -2.23. The second kappa shape index (κ2) is 6.73. The molecule has 0 saturated carbocycles. The van der Waals surface area contributed by atoms with Crippen LogP contribution in [0, 0.1) is 0 Å². The van der Waals surface area contributed by atoms with Gasteiger partial charge in [-0.15, -0.1) is 11.6 Å². The van der Waals surface area contributed by atoms with Gasteiger partial charge in [0.25, 0.3) is 0 Å². The fraction of sp³-hybridized carbons (Fsp3) is 0.462. The molecule has 0 bridgehead atoms. The Kier molecular flexibility index (Phi) is 4.99. The highest BCUT2D eigenvalue weighted by Crippen LogP contribution is 2.19. The van der Waals surface area contributed by atoms with Crippen LogP contribution in [0.3, 0.4) is 0 Å². The first-order valence-corrected chi connectivity index (χ1v) is 6.37. The Hall–Kier alpha value is -1.10. The van der Waals surface area contributed by atoms with Crippen LogP contribution in [0.4, 0.5) is 0 Å². The van der Waals surface area contributed by atoms with Crippen molar-refractivity contribution >= 4 is 17.5 Å². The zero-order chi connectivity index (χ0) is 12.8. The maximum Gasteiger partial charge on any atom is 0.242 e. The number of halogens is 1. The van der Waals surface area contributed by atoms with Crippen LogP contribution >= 0.6 is 11.6 Å². The van der Waals surface area contributed by atoms with E-state index in [1.807, 2.05) is 30.3 Å². The van der Waals surface area contributed by atoms with E-state index in [9.17, 15) is 4.79 Å². The van der Waals surface area contributed by atoms with E-state index in [4.69, 9.17) is 21.1 Å². The van der Waals surface area contributed by atoms with Crippen molar-refractivity contribution in [3.63, 3.8) is 0 Å². The van der Waals surface area contributed by atoms with Crippen molar-refractivity contribution in [2.75, 3.05) is 26.4 Å². The number of carbonyl (C=O) groups is 1. The number of alkyl halides is 1. The van der Waals surface area contributed by atoms with Crippen molar-refractivity contribution in [2.24, 2.45) is 0 Å². The summed E-state index contributed by atoms with van der Waals surface area (Å²) in [6, 6.07) is 9.26. The van der Waals surface area contributed by atoms with E-state index in [0.29, 0.717) is 26.4 Å². The van der Waals surface area contributed by atoms with Crippen LogP contribution < -0.4 is 5.32 Å². The van der Waals surface area contributed by atoms with Gasteiger partial charge in [-0.1, -0.05) is 30.3 Å². The minimum atomic E-state index is -0.671. The normalized spacial score (nSPS) is 21.3. The monoisotopic (exact) mass is 269 g/mol. The molecule has 1 aromatic carbocycles. The molecule has 2 unspecified atom stereocenters. The summed E-state index contributed by atoms with van der Waals surface area (Å²) >= 11 is 6.09. The number of benzene rings is 1. The second-order valence-electron chi connectivity index (χ2n) is 4.09. The molecular weight excluding hydrogens is 254 g/mol. The molecule has 1 aliphatic rings. The van der Waals surface area contributed by atoms with Gasteiger partial charge in [-0.05, 0) is 5.56 Å². The predicted molar refractivity (Wildman–Crippen MR) is 68.6 cm³/mol. The summed E-state index contributed by atoms with van der Waals surface area (Å²) in [7, 11) is 0. The lowest BCUT2D eigenvalue weighted by Crippen LogP contribution is -2.40. The van der Waals surface area contributed by atoms with E-state index in [1.54, 1.807) is 0 Å². The summed E-state index contributed by atoms with van der Waals surface area (Å²) in [5.41, 5.74) is 0.789. The Morgan fingerprint density at radius 3 is 2.83 bits per heavy atom. The van der Waals surface area contributed by atoms with Crippen LogP contribution in [0.1, 0.15) is 10.9 Å². The molecule has 1 fully saturated rings. The third-order valence-electron chi connectivity index (χ3n) is 2.71. The van der Waals surface area contributed by atoms with Crippen LogP contribution in [0.15, 0.2) is 30.3 Å². The SMILES string of the molecule is O=C(NCC1COCCO1)C(Cl)c1ccccc1. The average Bonchev–Trinajstić information content (AvgIpc) is 2.46. The highest BCUT2D eigenvalue weighted by atomic mass is 35.5. The summed E-state index contributed by atoms with van der Waals surface area (Å²) in [4.78, 5) is 11.8. The standard InChI is InChI=1S/C13H16ClNO3/c14-12(10-4-2-1-3-5-10)13(16)15-8-11-9-17-6-7-18-11/h1-5,11-12H,6-9H2,(H,15,16). The molecule has 1 aromatic rings. The van der Waals surface area contributed by atoms with E-state index in [0.717, 1.165) is 5.56 Å². The molecular formula is C13H16ClNO3. The van der Waals surface area contributed by atoms with Crippen LogP contribution in [0.2, 0.25) is 0 Å². The quantitative estimate of drug-likeness (QED) is 0.843. The molecule has 0 radical (unpaired) electrons. The second-order valence-corrected chi connectivity index (χ2v) is 4.52. The summed E-state index contributed by atoms with van der Waals surface area (Å²) in [5.74, 6) is -0.211. The number of amides is 1. The molecule has 0 spiro atoms. The van der Waals surface area contributed by atoms with Gasteiger partial charge in [0.05, 0.1) is 25.9 Å². The third kappa shape index (κ3) is 3.70. The summed E-state index contributed by atoms with van der Waals surface area (Å²) in [5, 5.41) is 2.10. The molecule has 0 aliphatic carbocycles. The average molecular weight is 270 g/mol. The third-order valence-corrected chi connectivity index (χ3v) is 3.16. The Labute approximate surface area is 111 Å². The van der Waals surface area contributed by atoms with E-state index in [-0.39, 0.29) is 12.0 Å². The smallest absolute Gasteiger partial charge is 0.242 e.